The van der Waals surface area contributed by atoms with E-state index in [0.717, 1.165) is 11.4 Å². The molecule has 0 unspecified atom stereocenters. The quantitative estimate of drug-likeness (QED) is 0.563. The highest BCUT2D eigenvalue weighted by molar-refractivity contribution is 6.67. The van der Waals surface area contributed by atoms with Crippen molar-refractivity contribution < 1.29 is 0 Å². The van der Waals surface area contributed by atoms with Crippen LogP contribution in [0, 0.1) is 0 Å². The van der Waals surface area contributed by atoms with Gasteiger partial charge in [-0.25, -0.2) is 0 Å². The van der Waals surface area contributed by atoms with Gasteiger partial charge in [0.05, 0.1) is 0 Å². The second kappa shape index (κ2) is 4.19. The van der Waals surface area contributed by atoms with Crippen molar-refractivity contribution in [2.45, 2.75) is 0 Å². The fourth-order valence-corrected chi connectivity index (χ4v) is 2.57. The van der Waals surface area contributed by atoms with E-state index >= 15 is 0 Å². The predicted molar refractivity (Wildman–Crippen MR) is 66.7 cm³/mol. The number of anilines is 2. The Morgan fingerprint density at radius 1 is 0.733 bits per heavy atom. The Kier molecular flexibility index (Phi) is 2.74. The molecule has 2 rings (SSSR count). The summed E-state index contributed by atoms with van der Waals surface area (Å²) in [6.07, 6.45) is 0. The normalized spacial score (nSPS) is 10.1. The van der Waals surface area contributed by atoms with Gasteiger partial charge < -0.3 is 11.5 Å². The Bertz CT molecular complexity index is 425. The topological polar surface area (TPSA) is 52.0 Å². The molecule has 2 radical (unpaired) electrons. The highest BCUT2D eigenvalue weighted by Gasteiger charge is 1.98. The lowest BCUT2D eigenvalue weighted by Crippen LogP contribution is -2.27. The van der Waals surface area contributed by atoms with Crippen molar-refractivity contribution in [3.63, 3.8) is 0 Å². The highest BCUT2D eigenvalue weighted by atomic mass is 28.2. The molecule has 4 N–H and O–H groups in total. The zero-order valence-electron chi connectivity index (χ0n) is 8.27. The van der Waals surface area contributed by atoms with Gasteiger partial charge in [0.1, 0.15) is 9.52 Å². The molecule has 0 aromatic heterocycles. The van der Waals surface area contributed by atoms with Gasteiger partial charge in [0, 0.05) is 11.4 Å². The lowest BCUT2D eigenvalue weighted by atomic mass is 10.3. The second-order valence-corrected chi connectivity index (χ2v) is 4.78. The van der Waals surface area contributed by atoms with Crippen LogP contribution in [0.25, 0.3) is 0 Å². The number of nitrogens with two attached hydrogens (primary N) is 2. The maximum Gasteiger partial charge on any atom is 0.121 e. The Balaban J connectivity index is 2.22. The minimum absolute atomic E-state index is 0.610. The van der Waals surface area contributed by atoms with Crippen LogP contribution in [0.3, 0.4) is 0 Å². The van der Waals surface area contributed by atoms with E-state index in [1.165, 1.54) is 10.4 Å². The van der Waals surface area contributed by atoms with Crippen molar-refractivity contribution in [2.24, 2.45) is 0 Å². The van der Waals surface area contributed by atoms with Crippen molar-refractivity contribution in [1.82, 2.24) is 0 Å². The van der Waals surface area contributed by atoms with Crippen LogP contribution < -0.4 is 21.8 Å². The van der Waals surface area contributed by atoms with Gasteiger partial charge in [-0.15, -0.1) is 0 Å². The molecule has 0 saturated carbocycles. The summed E-state index contributed by atoms with van der Waals surface area (Å²) < 4.78 is 0. The molecule has 15 heavy (non-hydrogen) atoms. The minimum Gasteiger partial charge on any atom is -0.399 e. The van der Waals surface area contributed by atoms with E-state index in [0.29, 0.717) is 9.52 Å². The first-order valence-electron chi connectivity index (χ1n) is 4.72. The number of hydrogen-bond acceptors (Lipinski definition) is 2. The Morgan fingerprint density at radius 2 is 1.20 bits per heavy atom. The predicted octanol–water partition coefficient (Wildman–Crippen LogP) is 0.506. The molecule has 0 heterocycles. The van der Waals surface area contributed by atoms with Crippen molar-refractivity contribution in [2.75, 3.05) is 11.5 Å². The second-order valence-electron chi connectivity index (χ2n) is 3.38. The summed E-state index contributed by atoms with van der Waals surface area (Å²) in [7, 11) is 0.610. The molecule has 0 aliphatic heterocycles. The standard InChI is InChI=1S/C12H12N2Si/c13-9-3-1-5-11(7-9)15-12-6-2-4-10(14)8-12/h1-8H,13-14H2. The summed E-state index contributed by atoms with van der Waals surface area (Å²) in [6, 6.07) is 15.9. The van der Waals surface area contributed by atoms with Crippen LogP contribution in [-0.4, -0.2) is 9.52 Å². The minimum atomic E-state index is 0.610. The third-order valence-corrected chi connectivity index (χ3v) is 3.26. The van der Waals surface area contributed by atoms with E-state index in [1.54, 1.807) is 0 Å². The molecule has 0 aliphatic carbocycles. The van der Waals surface area contributed by atoms with Gasteiger partial charge in [0.25, 0.3) is 0 Å². The zero-order valence-corrected chi connectivity index (χ0v) is 9.27. The van der Waals surface area contributed by atoms with Gasteiger partial charge in [0.2, 0.25) is 0 Å². The molecular weight excluding hydrogens is 200 g/mol. The first-order valence-corrected chi connectivity index (χ1v) is 5.72. The molecule has 0 aliphatic rings. The van der Waals surface area contributed by atoms with Crippen molar-refractivity contribution in [3.8, 4) is 0 Å². The molecule has 74 valence electrons. The summed E-state index contributed by atoms with van der Waals surface area (Å²) in [5, 5.41) is 2.47. The fraction of sp³-hybridized carbons (Fsp3) is 0. The van der Waals surface area contributed by atoms with Gasteiger partial charge in [0.15, 0.2) is 0 Å². The van der Waals surface area contributed by atoms with Crippen LogP contribution in [0.1, 0.15) is 0 Å². The lowest BCUT2D eigenvalue weighted by molar-refractivity contribution is 1.71. The lowest BCUT2D eigenvalue weighted by Gasteiger charge is -2.02. The molecule has 2 nitrogen and oxygen atoms in total. The molecule has 0 spiro atoms. The first kappa shape index (κ1) is 9.80. The van der Waals surface area contributed by atoms with Gasteiger partial charge in [-0.1, -0.05) is 34.6 Å². The summed E-state index contributed by atoms with van der Waals surface area (Å²) >= 11 is 0. The van der Waals surface area contributed by atoms with Crippen molar-refractivity contribution in [3.05, 3.63) is 48.5 Å². The molecule has 2 aromatic rings. The Hall–Kier alpha value is -1.74. The number of nitrogen functional groups attached to an aromatic ring is 2. The van der Waals surface area contributed by atoms with Crippen LogP contribution in [0.4, 0.5) is 11.4 Å². The van der Waals surface area contributed by atoms with Crippen LogP contribution in [0.5, 0.6) is 0 Å². The summed E-state index contributed by atoms with van der Waals surface area (Å²) in [6.45, 7) is 0. The molecular formula is C12H12N2Si. The van der Waals surface area contributed by atoms with Gasteiger partial charge in [-0.05, 0) is 24.3 Å². The summed E-state index contributed by atoms with van der Waals surface area (Å²) in [4.78, 5) is 0. The highest BCUT2D eigenvalue weighted by Crippen LogP contribution is 1.98. The number of hydrogen-bond donors (Lipinski definition) is 2. The summed E-state index contributed by atoms with van der Waals surface area (Å²) in [5.74, 6) is 0. The van der Waals surface area contributed by atoms with Crippen LogP contribution in [0.2, 0.25) is 0 Å². The molecule has 0 atom stereocenters. The molecule has 2 aromatic carbocycles. The molecule has 0 saturated heterocycles. The average molecular weight is 212 g/mol. The van der Waals surface area contributed by atoms with E-state index in [4.69, 9.17) is 11.5 Å². The number of benzene rings is 2. The van der Waals surface area contributed by atoms with Crippen molar-refractivity contribution in [1.29, 1.82) is 0 Å². The molecule has 3 heteroatoms. The van der Waals surface area contributed by atoms with E-state index < -0.39 is 0 Å². The van der Waals surface area contributed by atoms with Crippen molar-refractivity contribution >= 4 is 31.3 Å². The van der Waals surface area contributed by atoms with Gasteiger partial charge >= 0.3 is 0 Å². The molecule has 0 fully saturated rings. The molecule has 0 amide bonds. The van der Waals surface area contributed by atoms with Crippen LogP contribution >= 0.6 is 0 Å². The fourth-order valence-electron chi connectivity index (χ4n) is 1.40. The van der Waals surface area contributed by atoms with E-state index in [1.807, 2.05) is 36.4 Å². The van der Waals surface area contributed by atoms with Crippen LogP contribution in [-0.2, 0) is 0 Å². The first-order chi connectivity index (χ1) is 7.24. The Labute approximate surface area is 91.7 Å². The third kappa shape index (κ3) is 2.60. The average Bonchev–Trinajstić information content (AvgIpc) is 2.17. The van der Waals surface area contributed by atoms with Gasteiger partial charge in [-0.3, -0.25) is 0 Å². The maximum absolute atomic E-state index is 5.72. The zero-order chi connectivity index (χ0) is 10.7. The smallest absolute Gasteiger partial charge is 0.121 e. The summed E-state index contributed by atoms with van der Waals surface area (Å²) in [5.41, 5.74) is 13.1. The van der Waals surface area contributed by atoms with E-state index in [9.17, 15) is 0 Å². The van der Waals surface area contributed by atoms with E-state index in [-0.39, 0.29) is 0 Å². The maximum atomic E-state index is 5.72. The Morgan fingerprint density at radius 3 is 1.60 bits per heavy atom. The van der Waals surface area contributed by atoms with Gasteiger partial charge in [-0.2, -0.15) is 0 Å². The third-order valence-electron chi connectivity index (χ3n) is 2.06. The monoisotopic (exact) mass is 212 g/mol. The molecule has 0 bridgehead atoms. The largest absolute Gasteiger partial charge is 0.399 e. The SMILES string of the molecule is Nc1cccc([Si]c2cccc(N)c2)c1. The van der Waals surface area contributed by atoms with Crippen LogP contribution in [0.15, 0.2) is 48.5 Å². The number of rotatable bonds is 2. The van der Waals surface area contributed by atoms with E-state index in [2.05, 4.69) is 12.1 Å².